The molecule has 2 aliphatic heterocycles. The number of carbonyl (C=O) groups is 2. The topological polar surface area (TPSA) is 147 Å². The van der Waals surface area contributed by atoms with Gasteiger partial charge >= 0.3 is 6.03 Å². The first-order chi connectivity index (χ1) is 20.5. The van der Waals surface area contributed by atoms with Crippen LogP contribution >= 0.6 is 11.3 Å². The minimum absolute atomic E-state index is 0.0614. The van der Waals surface area contributed by atoms with E-state index in [0.29, 0.717) is 28.5 Å². The molecule has 3 aromatic rings. The van der Waals surface area contributed by atoms with Crippen LogP contribution in [0.1, 0.15) is 19.4 Å². The van der Waals surface area contributed by atoms with Gasteiger partial charge in [-0.1, -0.05) is 13.0 Å². The number of amides is 3. The van der Waals surface area contributed by atoms with E-state index in [1.165, 1.54) is 11.0 Å². The Morgan fingerprint density at radius 1 is 1.14 bits per heavy atom. The maximum Gasteiger partial charge on any atom is 0.321 e. The molecule has 3 N–H and O–H groups in total. The van der Waals surface area contributed by atoms with E-state index in [1.54, 1.807) is 66.7 Å². The number of nitrogens with one attached hydrogen (secondary N) is 2. The van der Waals surface area contributed by atoms with E-state index in [9.17, 15) is 23.1 Å². The second-order valence-electron chi connectivity index (χ2n) is 10.6. The van der Waals surface area contributed by atoms with Gasteiger partial charge in [0.15, 0.2) is 11.5 Å². The number of urea groups is 1. The Morgan fingerprint density at radius 2 is 1.88 bits per heavy atom. The highest BCUT2D eigenvalue weighted by Crippen LogP contribution is 2.34. The molecule has 3 heterocycles. The Balaban J connectivity index is 1.38. The quantitative estimate of drug-likeness (QED) is 0.342. The summed E-state index contributed by atoms with van der Waals surface area (Å²) in [6, 6.07) is 12.3. The molecule has 12 nitrogen and oxygen atoms in total. The molecular formula is C29H34N4O8S2. The normalized spacial score (nSPS) is 18.9. The largest absolute Gasteiger partial charge is 0.488 e. The lowest BCUT2D eigenvalue weighted by Gasteiger charge is -2.34. The molecule has 2 aliphatic rings. The first-order valence-corrected chi connectivity index (χ1v) is 16.1. The molecule has 0 spiro atoms. The van der Waals surface area contributed by atoms with Crippen molar-refractivity contribution in [1.29, 1.82) is 0 Å². The summed E-state index contributed by atoms with van der Waals surface area (Å²) < 4.78 is 45.6. The third kappa shape index (κ3) is 6.98. The van der Waals surface area contributed by atoms with Gasteiger partial charge in [-0.2, -0.15) is 0 Å². The number of nitrogens with zero attached hydrogens (tertiary/aromatic N) is 2. The van der Waals surface area contributed by atoms with Crippen molar-refractivity contribution in [3.05, 3.63) is 59.5 Å². The third-order valence-electron chi connectivity index (χ3n) is 7.35. The zero-order valence-electron chi connectivity index (χ0n) is 24.0. The van der Waals surface area contributed by atoms with Crippen LogP contribution in [0, 0.1) is 5.92 Å². The summed E-state index contributed by atoms with van der Waals surface area (Å²) in [6.45, 7) is 4.05. The summed E-state index contributed by atoms with van der Waals surface area (Å²) >= 11 is 1.10. The van der Waals surface area contributed by atoms with E-state index in [0.717, 1.165) is 11.3 Å². The van der Waals surface area contributed by atoms with Gasteiger partial charge in [-0.25, -0.2) is 13.2 Å². The molecular weight excluding hydrogens is 596 g/mol. The van der Waals surface area contributed by atoms with Gasteiger partial charge in [0.05, 0.1) is 25.6 Å². The van der Waals surface area contributed by atoms with Gasteiger partial charge in [-0.05, 0) is 48.7 Å². The SMILES string of the molecule is C[C@H]1CN([C@@H](C)CO)C(=O)Cc2cc(NS(=O)(=O)c3cccs3)ccc2O[C@@H]1CN(C)C(=O)Nc1ccc2c(c1)OCO2. The van der Waals surface area contributed by atoms with E-state index >= 15 is 0 Å². The molecule has 230 valence electrons. The summed E-state index contributed by atoms with van der Waals surface area (Å²) in [6.07, 6.45) is -0.604. The fraction of sp³-hybridized carbons (Fsp3) is 0.379. The number of thiophene rings is 1. The molecule has 0 aliphatic carbocycles. The van der Waals surface area contributed by atoms with Crippen LogP contribution in [-0.4, -0.2) is 80.9 Å². The maximum absolute atomic E-state index is 13.5. The smallest absolute Gasteiger partial charge is 0.321 e. The van der Waals surface area contributed by atoms with Gasteiger partial charge in [0.2, 0.25) is 12.7 Å². The van der Waals surface area contributed by atoms with Crippen LogP contribution in [0.5, 0.6) is 17.2 Å². The molecule has 0 saturated carbocycles. The first-order valence-electron chi connectivity index (χ1n) is 13.7. The lowest BCUT2D eigenvalue weighted by molar-refractivity contribution is -0.134. The molecule has 14 heteroatoms. The predicted molar refractivity (Wildman–Crippen MR) is 161 cm³/mol. The van der Waals surface area contributed by atoms with Gasteiger partial charge in [-0.15, -0.1) is 11.3 Å². The van der Waals surface area contributed by atoms with Crippen molar-refractivity contribution in [3.63, 3.8) is 0 Å². The minimum atomic E-state index is -3.80. The van der Waals surface area contributed by atoms with Crippen LogP contribution in [0.25, 0.3) is 0 Å². The number of hydrogen-bond donors (Lipinski definition) is 3. The number of fused-ring (bicyclic) bond motifs is 2. The van der Waals surface area contributed by atoms with E-state index in [2.05, 4.69) is 10.0 Å². The summed E-state index contributed by atoms with van der Waals surface area (Å²) in [5.41, 5.74) is 1.31. The van der Waals surface area contributed by atoms with Crippen LogP contribution in [0.2, 0.25) is 0 Å². The van der Waals surface area contributed by atoms with Crippen LogP contribution in [0.3, 0.4) is 0 Å². The van der Waals surface area contributed by atoms with Gasteiger partial charge in [0.25, 0.3) is 10.0 Å². The summed E-state index contributed by atoms with van der Waals surface area (Å²) in [5.74, 6) is 1.10. The fourth-order valence-electron chi connectivity index (χ4n) is 4.88. The van der Waals surface area contributed by atoms with Gasteiger partial charge in [-0.3, -0.25) is 9.52 Å². The number of rotatable bonds is 8. The number of hydrogen-bond acceptors (Lipinski definition) is 9. The number of aliphatic hydroxyl groups is 1. The molecule has 2 aromatic carbocycles. The van der Waals surface area contributed by atoms with E-state index in [1.807, 2.05) is 6.92 Å². The Kier molecular flexibility index (Phi) is 8.99. The number of carbonyl (C=O) groups excluding carboxylic acids is 2. The second kappa shape index (κ2) is 12.7. The number of anilines is 2. The van der Waals surface area contributed by atoms with Gasteiger partial charge < -0.3 is 34.4 Å². The highest BCUT2D eigenvalue weighted by atomic mass is 32.2. The molecule has 1 aromatic heterocycles. The average Bonchev–Trinajstić information content (AvgIpc) is 3.69. The standard InChI is InChI=1S/C29H34N4O8S2/c1-18-14-33(19(2)16-34)27(35)12-20-11-22(31-43(37,38)28-5-4-10-42-28)7-8-23(20)41-26(18)15-32(3)29(36)30-21-6-9-24-25(13-21)40-17-39-24/h4-11,13,18-19,26,31,34H,12,14-17H2,1-3H3,(H,30,36)/t18-,19-,26+/m0/s1. The van der Waals surface area contributed by atoms with Crippen molar-refractivity contribution < 1.29 is 37.3 Å². The number of likely N-dealkylation sites (N-methyl/N-ethyl adjacent to an activating group) is 1. The zero-order valence-corrected chi connectivity index (χ0v) is 25.6. The van der Waals surface area contributed by atoms with Gasteiger partial charge in [0.1, 0.15) is 16.1 Å². The van der Waals surface area contributed by atoms with E-state index in [-0.39, 0.29) is 60.7 Å². The number of ether oxygens (including phenoxy) is 3. The molecule has 3 amide bonds. The third-order valence-corrected chi connectivity index (χ3v) is 10.1. The Labute approximate surface area is 254 Å². The van der Waals surface area contributed by atoms with Crippen molar-refractivity contribution >= 4 is 44.7 Å². The highest BCUT2D eigenvalue weighted by molar-refractivity contribution is 7.94. The van der Waals surface area contributed by atoms with Crippen molar-refractivity contribution in [3.8, 4) is 17.2 Å². The molecule has 3 atom stereocenters. The highest BCUT2D eigenvalue weighted by Gasteiger charge is 2.32. The number of sulfonamides is 1. The van der Waals surface area contributed by atoms with E-state index < -0.39 is 22.2 Å². The van der Waals surface area contributed by atoms with Crippen LogP contribution < -0.4 is 24.2 Å². The summed E-state index contributed by atoms with van der Waals surface area (Å²) in [5, 5.41) is 14.4. The van der Waals surface area contributed by atoms with Crippen molar-refractivity contribution in [2.24, 2.45) is 5.92 Å². The predicted octanol–water partition coefficient (Wildman–Crippen LogP) is 3.59. The monoisotopic (exact) mass is 630 g/mol. The maximum atomic E-state index is 13.5. The summed E-state index contributed by atoms with van der Waals surface area (Å²) in [7, 11) is -2.16. The molecule has 5 rings (SSSR count). The van der Waals surface area contributed by atoms with Crippen LogP contribution in [0.4, 0.5) is 16.2 Å². The van der Waals surface area contributed by atoms with Crippen molar-refractivity contribution in [1.82, 2.24) is 9.80 Å². The molecule has 0 radical (unpaired) electrons. The van der Waals surface area contributed by atoms with Gasteiger partial charge in [0, 0.05) is 42.5 Å². The fourth-order valence-corrected chi connectivity index (χ4v) is 6.92. The molecule has 0 unspecified atom stereocenters. The Hall–Kier alpha value is -4.01. The zero-order chi connectivity index (χ0) is 30.7. The lowest BCUT2D eigenvalue weighted by atomic mass is 10.0. The number of benzene rings is 2. The lowest BCUT2D eigenvalue weighted by Crippen LogP contribution is -2.48. The van der Waals surface area contributed by atoms with Crippen molar-refractivity contribution in [2.45, 2.75) is 36.6 Å². The second-order valence-corrected chi connectivity index (χ2v) is 13.5. The molecule has 0 bridgehead atoms. The van der Waals surface area contributed by atoms with Crippen LogP contribution in [0.15, 0.2) is 58.1 Å². The Bertz CT molecular complexity index is 1580. The Morgan fingerprint density at radius 3 is 2.63 bits per heavy atom. The van der Waals surface area contributed by atoms with Crippen molar-refractivity contribution in [2.75, 3.05) is 43.6 Å². The van der Waals surface area contributed by atoms with E-state index in [4.69, 9.17) is 14.2 Å². The molecule has 43 heavy (non-hydrogen) atoms. The van der Waals surface area contributed by atoms with Crippen LogP contribution in [-0.2, 0) is 21.2 Å². The minimum Gasteiger partial charge on any atom is -0.488 e. The molecule has 0 fully saturated rings. The average molecular weight is 631 g/mol. The number of aliphatic hydroxyl groups excluding tert-OH is 1. The summed E-state index contributed by atoms with van der Waals surface area (Å²) in [4.78, 5) is 29.7. The molecule has 0 saturated heterocycles. The first kappa shape index (κ1) is 30.4.